The summed E-state index contributed by atoms with van der Waals surface area (Å²) in [4.78, 5) is 0. The molecule has 0 spiro atoms. The van der Waals surface area contributed by atoms with E-state index >= 15 is 0 Å². The van der Waals surface area contributed by atoms with E-state index in [9.17, 15) is 5.11 Å². The van der Waals surface area contributed by atoms with Crippen LogP contribution in [0.5, 0.6) is 0 Å². The zero-order valence-corrected chi connectivity index (χ0v) is 11.2. The second kappa shape index (κ2) is 3.04. The molecule has 0 aromatic heterocycles. The van der Waals surface area contributed by atoms with Crippen molar-refractivity contribution in [2.45, 2.75) is 59.0 Å². The molecule has 3 fully saturated rings. The fraction of sp³-hybridized carbons (Fsp3) is 1.00. The second-order valence-electron chi connectivity index (χ2n) is 7.47. The summed E-state index contributed by atoms with van der Waals surface area (Å²) in [5.41, 5.74) is 0.185. The highest BCUT2D eigenvalue weighted by Gasteiger charge is 2.68. The lowest BCUT2D eigenvalue weighted by Crippen LogP contribution is -2.42. The maximum atomic E-state index is 11.1. The Bertz CT molecular complexity index is 309. The van der Waals surface area contributed by atoms with Crippen LogP contribution in [0.3, 0.4) is 0 Å². The first-order chi connectivity index (χ1) is 7.39. The van der Waals surface area contributed by atoms with Gasteiger partial charge in [0.25, 0.3) is 0 Å². The largest absolute Gasteiger partial charge is 0.389 e. The summed E-state index contributed by atoms with van der Waals surface area (Å²) in [5, 5.41) is 11.1. The monoisotopic (exact) mass is 222 g/mol. The lowest BCUT2D eigenvalue weighted by Gasteiger charge is -2.37. The first-order valence-corrected chi connectivity index (χ1v) is 7.11. The average molecular weight is 222 g/mol. The average Bonchev–Trinajstić information content (AvgIpc) is 2.64. The minimum Gasteiger partial charge on any atom is -0.389 e. The van der Waals surface area contributed by atoms with Gasteiger partial charge in [-0.2, -0.15) is 0 Å². The molecule has 3 aliphatic rings. The first kappa shape index (κ1) is 11.1. The van der Waals surface area contributed by atoms with Crippen molar-refractivity contribution in [3.63, 3.8) is 0 Å². The molecule has 3 rings (SSSR count). The SMILES string of the molecule is C[C@@H]1CC[C@]2(O)[C@@H]1[C@H]1[C@@H](CC[C@@H]2C)C1(C)C. The Labute approximate surface area is 99.6 Å². The first-order valence-electron chi connectivity index (χ1n) is 7.11. The van der Waals surface area contributed by atoms with Crippen LogP contribution in [-0.2, 0) is 0 Å². The van der Waals surface area contributed by atoms with E-state index in [0.717, 1.165) is 24.2 Å². The maximum absolute atomic E-state index is 11.1. The van der Waals surface area contributed by atoms with Crippen molar-refractivity contribution in [2.75, 3.05) is 0 Å². The smallest absolute Gasteiger partial charge is 0.0706 e. The highest BCUT2D eigenvalue weighted by atomic mass is 16.3. The van der Waals surface area contributed by atoms with Crippen LogP contribution in [0.2, 0.25) is 0 Å². The zero-order valence-electron chi connectivity index (χ0n) is 11.2. The maximum Gasteiger partial charge on any atom is 0.0706 e. The molecule has 92 valence electrons. The van der Waals surface area contributed by atoms with Gasteiger partial charge >= 0.3 is 0 Å². The van der Waals surface area contributed by atoms with Crippen molar-refractivity contribution < 1.29 is 5.11 Å². The summed E-state index contributed by atoms with van der Waals surface area (Å²) in [6, 6.07) is 0. The molecule has 0 heterocycles. The molecule has 0 aliphatic heterocycles. The number of hydrogen-bond donors (Lipinski definition) is 1. The lowest BCUT2D eigenvalue weighted by atomic mass is 9.73. The van der Waals surface area contributed by atoms with Crippen LogP contribution < -0.4 is 0 Å². The van der Waals surface area contributed by atoms with Gasteiger partial charge < -0.3 is 5.11 Å². The van der Waals surface area contributed by atoms with Crippen LogP contribution in [0, 0.1) is 35.0 Å². The van der Waals surface area contributed by atoms with Crippen LogP contribution >= 0.6 is 0 Å². The summed E-state index contributed by atoms with van der Waals surface area (Å²) in [5.74, 6) is 3.55. The predicted molar refractivity (Wildman–Crippen MR) is 66.0 cm³/mol. The van der Waals surface area contributed by atoms with Crippen molar-refractivity contribution in [2.24, 2.45) is 35.0 Å². The third kappa shape index (κ3) is 1.16. The number of fused-ring (bicyclic) bond motifs is 3. The van der Waals surface area contributed by atoms with Gasteiger partial charge in [-0.15, -0.1) is 0 Å². The quantitative estimate of drug-likeness (QED) is 0.665. The Morgan fingerprint density at radius 1 is 1.00 bits per heavy atom. The Kier molecular flexibility index (Phi) is 2.11. The molecule has 1 N–H and O–H groups in total. The number of rotatable bonds is 0. The Balaban J connectivity index is 1.98. The third-order valence-corrected chi connectivity index (χ3v) is 6.48. The molecule has 0 bridgehead atoms. The van der Waals surface area contributed by atoms with Gasteiger partial charge in [0.05, 0.1) is 5.60 Å². The van der Waals surface area contributed by atoms with Crippen LogP contribution in [0.25, 0.3) is 0 Å². The van der Waals surface area contributed by atoms with Gasteiger partial charge in [0, 0.05) is 0 Å². The highest BCUT2D eigenvalue weighted by Crippen LogP contribution is 2.71. The Morgan fingerprint density at radius 3 is 2.38 bits per heavy atom. The van der Waals surface area contributed by atoms with Crippen molar-refractivity contribution in [1.82, 2.24) is 0 Å². The fourth-order valence-electron chi connectivity index (χ4n) is 5.27. The second-order valence-corrected chi connectivity index (χ2v) is 7.47. The standard InChI is InChI=1S/C15H26O/c1-9-7-8-15(16)10(2)5-6-11-13(12(9)15)14(11,3)4/h9-13,16H,5-8H2,1-4H3/t9-,10+,11-,12+,13-,15-/m1/s1. The van der Waals surface area contributed by atoms with Crippen molar-refractivity contribution in [3.8, 4) is 0 Å². The van der Waals surface area contributed by atoms with Crippen LogP contribution in [0.15, 0.2) is 0 Å². The van der Waals surface area contributed by atoms with E-state index in [4.69, 9.17) is 0 Å². The third-order valence-electron chi connectivity index (χ3n) is 6.48. The molecule has 3 aliphatic carbocycles. The van der Waals surface area contributed by atoms with E-state index in [1.807, 2.05) is 0 Å². The predicted octanol–water partition coefficient (Wildman–Crippen LogP) is 3.47. The van der Waals surface area contributed by atoms with Crippen molar-refractivity contribution >= 4 is 0 Å². The molecule has 16 heavy (non-hydrogen) atoms. The lowest BCUT2D eigenvalue weighted by molar-refractivity contribution is -0.0624. The van der Waals surface area contributed by atoms with Crippen LogP contribution in [-0.4, -0.2) is 10.7 Å². The topological polar surface area (TPSA) is 20.2 Å². The van der Waals surface area contributed by atoms with Crippen molar-refractivity contribution in [1.29, 1.82) is 0 Å². The molecule has 0 unspecified atom stereocenters. The van der Waals surface area contributed by atoms with Gasteiger partial charge in [0.15, 0.2) is 0 Å². The van der Waals surface area contributed by atoms with Gasteiger partial charge in [0.1, 0.15) is 0 Å². The van der Waals surface area contributed by atoms with E-state index in [-0.39, 0.29) is 5.60 Å². The van der Waals surface area contributed by atoms with Gasteiger partial charge in [-0.25, -0.2) is 0 Å². The molecule has 1 nitrogen and oxygen atoms in total. The molecule has 3 saturated carbocycles. The van der Waals surface area contributed by atoms with Gasteiger partial charge in [0.2, 0.25) is 0 Å². The fourth-order valence-corrected chi connectivity index (χ4v) is 5.27. The summed E-state index contributed by atoms with van der Waals surface area (Å²) in [6.07, 6.45) is 4.89. The van der Waals surface area contributed by atoms with E-state index in [2.05, 4.69) is 27.7 Å². The van der Waals surface area contributed by atoms with Gasteiger partial charge in [-0.1, -0.05) is 27.7 Å². The van der Waals surface area contributed by atoms with E-state index < -0.39 is 0 Å². The molecule has 0 aromatic carbocycles. The molecule has 1 heteroatoms. The Morgan fingerprint density at radius 2 is 1.69 bits per heavy atom. The molecule has 0 radical (unpaired) electrons. The zero-order chi connectivity index (χ0) is 11.7. The van der Waals surface area contributed by atoms with Gasteiger partial charge in [-0.3, -0.25) is 0 Å². The summed E-state index contributed by atoms with van der Waals surface area (Å²) in [7, 11) is 0. The number of aliphatic hydroxyl groups is 1. The minimum absolute atomic E-state index is 0.327. The van der Waals surface area contributed by atoms with E-state index in [1.165, 1.54) is 19.3 Å². The normalized spacial score (nSPS) is 58.7. The Hall–Kier alpha value is -0.0400. The van der Waals surface area contributed by atoms with E-state index in [0.29, 0.717) is 17.3 Å². The minimum atomic E-state index is -0.327. The summed E-state index contributed by atoms with van der Waals surface area (Å²) < 4.78 is 0. The van der Waals surface area contributed by atoms with Crippen LogP contribution in [0.1, 0.15) is 53.4 Å². The van der Waals surface area contributed by atoms with E-state index in [1.54, 1.807) is 0 Å². The summed E-state index contributed by atoms with van der Waals surface area (Å²) >= 11 is 0. The molecule has 6 atom stereocenters. The molecular weight excluding hydrogens is 196 g/mol. The van der Waals surface area contributed by atoms with Gasteiger partial charge in [-0.05, 0) is 60.7 Å². The molecular formula is C15H26O. The highest BCUT2D eigenvalue weighted by molar-refractivity contribution is 5.17. The molecule has 0 amide bonds. The van der Waals surface area contributed by atoms with Crippen molar-refractivity contribution in [3.05, 3.63) is 0 Å². The van der Waals surface area contributed by atoms with Crippen LogP contribution in [0.4, 0.5) is 0 Å². The molecule has 0 aromatic rings. The molecule has 0 saturated heterocycles. The number of hydrogen-bond acceptors (Lipinski definition) is 1. The summed E-state index contributed by atoms with van der Waals surface area (Å²) in [6.45, 7) is 9.49.